The molecular weight excluding hydrogens is 324 g/mol. The molecule has 0 aliphatic carbocycles. The first-order chi connectivity index (χ1) is 12.3. The zero-order chi connectivity index (χ0) is 17.1. The zero-order valence-electron chi connectivity index (χ0n) is 14.2. The van der Waals surface area contributed by atoms with Gasteiger partial charge in [0.1, 0.15) is 5.82 Å². The Hall–Kier alpha value is -2.52. The molecule has 124 valence electrons. The van der Waals surface area contributed by atoms with Crippen molar-refractivity contribution in [1.82, 2.24) is 9.55 Å². The molecule has 4 rings (SSSR count). The summed E-state index contributed by atoms with van der Waals surface area (Å²) in [5, 5.41) is 0. The largest absolute Gasteiger partial charge is 0.323 e. The van der Waals surface area contributed by atoms with Gasteiger partial charge < -0.3 is 4.57 Å². The van der Waals surface area contributed by atoms with Crippen LogP contribution in [0.5, 0.6) is 0 Å². The molecular formula is C22H20N2S. The molecule has 0 saturated carbocycles. The molecule has 0 saturated heterocycles. The summed E-state index contributed by atoms with van der Waals surface area (Å²) in [6.45, 7) is 3.03. The first-order valence-electron chi connectivity index (χ1n) is 8.48. The third-order valence-electron chi connectivity index (χ3n) is 4.43. The van der Waals surface area contributed by atoms with Crippen molar-refractivity contribution in [2.75, 3.05) is 0 Å². The number of rotatable bonds is 5. The lowest BCUT2D eigenvalue weighted by Gasteiger charge is -2.11. The van der Waals surface area contributed by atoms with Crippen LogP contribution in [0.25, 0.3) is 11.0 Å². The van der Waals surface area contributed by atoms with E-state index in [4.69, 9.17) is 4.98 Å². The fraction of sp³-hybridized carbons (Fsp3) is 0.136. The normalized spacial score (nSPS) is 11.1. The third-order valence-corrected chi connectivity index (χ3v) is 5.44. The smallest absolute Gasteiger partial charge is 0.120 e. The van der Waals surface area contributed by atoms with Crippen LogP contribution in [-0.2, 0) is 12.3 Å². The molecule has 0 aliphatic rings. The first kappa shape index (κ1) is 16.0. The minimum absolute atomic E-state index is 0.859. The van der Waals surface area contributed by atoms with Crippen LogP contribution >= 0.6 is 11.8 Å². The number of benzene rings is 3. The second-order valence-electron chi connectivity index (χ2n) is 6.13. The highest BCUT2D eigenvalue weighted by Gasteiger charge is 2.12. The van der Waals surface area contributed by atoms with Crippen LogP contribution in [0.4, 0.5) is 0 Å². The topological polar surface area (TPSA) is 17.8 Å². The molecule has 25 heavy (non-hydrogen) atoms. The van der Waals surface area contributed by atoms with Crippen LogP contribution in [0.1, 0.15) is 17.0 Å². The maximum absolute atomic E-state index is 4.90. The van der Waals surface area contributed by atoms with Crippen LogP contribution in [0.3, 0.4) is 0 Å². The summed E-state index contributed by atoms with van der Waals surface area (Å²) >= 11 is 1.83. The van der Waals surface area contributed by atoms with Gasteiger partial charge in [-0.1, -0.05) is 54.6 Å². The number of thioether (sulfide) groups is 1. The van der Waals surface area contributed by atoms with Crippen molar-refractivity contribution in [1.29, 1.82) is 0 Å². The predicted molar refractivity (Wildman–Crippen MR) is 106 cm³/mol. The van der Waals surface area contributed by atoms with Crippen molar-refractivity contribution in [3.63, 3.8) is 0 Å². The number of aryl methyl sites for hydroxylation is 1. The van der Waals surface area contributed by atoms with Gasteiger partial charge in [-0.3, -0.25) is 0 Å². The number of para-hydroxylation sites is 2. The molecule has 0 radical (unpaired) electrons. The quantitative estimate of drug-likeness (QED) is 0.433. The second kappa shape index (κ2) is 7.16. The molecule has 0 fully saturated rings. The lowest BCUT2D eigenvalue weighted by molar-refractivity contribution is 0.776. The summed E-state index contributed by atoms with van der Waals surface area (Å²) in [5.41, 5.74) is 4.94. The van der Waals surface area contributed by atoms with E-state index in [1.807, 2.05) is 11.8 Å². The van der Waals surface area contributed by atoms with Crippen molar-refractivity contribution in [3.8, 4) is 0 Å². The maximum atomic E-state index is 4.90. The fourth-order valence-corrected chi connectivity index (χ4v) is 3.90. The van der Waals surface area contributed by atoms with Crippen LogP contribution in [0.15, 0.2) is 83.8 Å². The summed E-state index contributed by atoms with van der Waals surface area (Å²) in [7, 11) is 0. The average molecular weight is 344 g/mol. The minimum atomic E-state index is 0.859. The number of hydrogen-bond donors (Lipinski definition) is 0. The maximum Gasteiger partial charge on any atom is 0.120 e. The van der Waals surface area contributed by atoms with Gasteiger partial charge in [-0.15, -0.1) is 11.8 Å². The molecule has 1 heterocycles. The molecule has 2 nitrogen and oxygen atoms in total. The molecule has 1 aromatic heterocycles. The highest BCUT2D eigenvalue weighted by molar-refractivity contribution is 7.98. The Morgan fingerprint density at radius 1 is 0.840 bits per heavy atom. The number of aromatic nitrogens is 2. The number of nitrogens with zero attached hydrogens (tertiary/aromatic N) is 2. The van der Waals surface area contributed by atoms with Gasteiger partial charge in [0.15, 0.2) is 0 Å². The Labute approximate surface area is 152 Å². The lowest BCUT2D eigenvalue weighted by atomic mass is 10.1. The molecule has 0 amide bonds. The highest BCUT2D eigenvalue weighted by atomic mass is 32.2. The lowest BCUT2D eigenvalue weighted by Crippen LogP contribution is -2.05. The average Bonchev–Trinajstić information content (AvgIpc) is 3.00. The van der Waals surface area contributed by atoms with Gasteiger partial charge in [0, 0.05) is 11.4 Å². The fourth-order valence-electron chi connectivity index (χ4n) is 3.03. The van der Waals surface area contributed by atoms with Gasteiger partial charge in [0.05, 0.1) is 16.8 Å². The van der Waals surface area contributed by atoms with Crippen LogP contribution in [0.2, 0.25) is 0 Å². The van der Waals surface area contributed by atoms with E-state index in [1.165, 1.54) is 21.5 Å². The second-order valence-corrected chi connectivity index (χ2v) is 7.18. The molecule has 4 aromatic rings. The van der Waals surface area contributed by atoms with Gasteiger partial charge in [0.25, 0.3) is 0 Å². The summed E-state index contributed by atoms with van der Waals surface area (Å²) in [6.07, 6.45) is 0. The van der Waals surface area contributed by atoms with E-state index in [9.17, 15) is 0 Å². The van der Waals surface area contributed by atoms with Crippen LogP contribution in [0, 0.1) is 6.92 Å². The number of hydrogen-bond acceptors (Lipinski definition) is 2. The van der Waals surface area contributed by atoms with Gasteiger partial charge >= 0.3 is 0 Å². The minimum Gasteiger partial charge on any atom is -0.323 e. The van der Waals surface area contributed by atoms with E-state index in [-0.39, 0.29) is 0 Å². The highest BCUT2D eigenvalue weighted by Crippen LogP contribution is 2.26. The Balaban J connectivity index is 1.69. The number of imidazole rings is 1. The van der Waals surface area contributed by atoms with E-state index < -0.39 is 0 Å². The van der Waals surface area contributed by atoms with E-state index in [2.05, 4.69) is 90.4 Å². The summed E-state index contributed by atoms with van der Waals surface area (Å²) in [6, 6.07) is 27.5. The molecule has 0 aliphatic heterocycles. The summed E-state index contributed by atoms with van der Waals surface area (Å²) in [4.78, 5) is 6.17. The molecule has 0 bridgehead atoms. The predicted octanol–water partition coefficient (Wildman–Crippen LogP) is 5.69. The van der Waals surface area contributed by atoms with Crippen molar-refractivity contribution < 1.29 is 0 Å². The Morgan fingerprint density at radius 3 is 2.40 bits per heavy atom. The van der Waals surface area contributed by atoms with Gasteiger partial charge in [-0.25, -0.2) is 4.98 Å². The van der Waals surface area contributed by atoms with Crippen LogP contribution in [-0.4, -0.2) is 9.55 Å². The van der Waals surface area contributed by atoms with E-state index in [1.54, 1.807) is 0 Å². The Kier molecular flexibility index (Phi) is 4.57. The van der Waals surface area contributed by atoms with E-state index >= 15 is 0 Å². The zero-order valence-corrected chi connectivity index (χ0v) is 15.0. The third kappa shape index (κ3) is 3.47. The summed E-state index contributed by atoms with van der Waals surface area (Å²) in [5.74, 6) is 1.99. The molecule has 0 atom stereocenters. The van der Waals surface area contributed by atoms with Gasteiger partial charge in [-0.2, -0.15) is 0 Å². The summed E-state index contributed by atoms with van der Waals surface area (Å²) < 4.78 is 2.35. The monoisotopic (exact) mass is 344 g/mol. The standard InChI is InChI=1S/C22H20N2S/c1-17-9-5-6-10-18(17)15-24-21-14-8-7-13-20(21)23-22(24)16-25-19-11-3-2-4-12-19/h2-14H,15-16H2,1H3. The molecule has 0 N–H and O–H groups in total. The van der Waals surface area contributed by atoms with Gasteiger partial charge in [0.2, 0.25) is 0 Å². The van der Waals surface area contributed by atoms with Crippen molar-refractivity contribution in [2.24, 2.45) is 0 Å². The van der Waals surface area contributed by atoms with E-state index in [0.29, 0.717) is 0 Å². The van der Waals surface area contributed by atoms with E-state index in [0.717, 1.165) is 23.6 Å². The van der Waals surface area contributed by atoms with Crippen molar-refractivity contribution in [2.45, 2.75) is 24.1 Å². The van der Waals surface area contributed by atoms with Crippen LogP contribution < -0.4 is 0 Å². The van der Waals surface area contributed by atoms with Crippen molar-refractivity contribution >= 4 is 22.8 Å². The van der Waals surface area contributed by atoms with Crippen molar-refractivity contribution in [3.05, 3.63) is 95.8 Å². The molecule has 0 unspecified atom stereocenters. The Morgan fingerprint density at radius 2 is 1.56 bits per heavy atom. The Bertz CT molecular complexity index is 989. The SMILES string of the molecule is Cc1ccccc1Cn1c(CSc2ccccc2)nc2ccccc21. The van der Waals surface area contributed by atoms with Gasteiger partial charge in [-0.05, 0) is 42.3 Å². The first-order valence-corrected chi connectivity index (χ1v) is 9.46. The molecule has 3 heteroatoms. The molecule has 3 aromatic carbocycles. The number of fused-ring (bicyclic) bond motifs is 1. The molecule has 0 spiro atoms.